The number of fused-ring (bicyclic) bond motifs is 1. The lowest BCUT2D eigenvalue weighted by Crippen LogP contribution is -2.51. The molecule has 1 aromatic heterocycles. The number of ether oxygens (including phenoxy) is 3. The molecule has 0 saturated heterocycles. The Labute approximate surface area is 240 Å². The molecular weight excluding hydrogens is 522 g/mol. The topological polar surface area (TPSA) is 108 Å². The molecule has 0 aliphatic heterocycles. The fourth-order valence-corrected chi connectivity index (χ4v) is 4.52. The van der Waals surface area contributed by atoms with Crippen molar-refractivity contribution in [1.82, 2.24) is 20.3 Å². The van der Waals surface area contributed by atoms with Crippen molar-refractivity contribution in [2.75, 3.05) is 25.7 Å². The summed E-state index contributed by atoms with van der Waals surface area (Å²) >= 11 is 0. The summed E-state index contributed by atoms with van der Waals surface area (Å²) in [6, 6.07) is 18.7. The second-order valence-electron chi connectivity index (χ2n) is 10.1. The maximum atomic E-state index is 14.4. The van der Waals surface area contributed by atoms with Gasteiger partial charge in [-0.05, 0) is 57.5 Å². The van der Waals surface area contributed by atoms with Crippen LogP contribution in [0.25, 0.3) is 11.0 Å². The highest BCUT2D eigenvalue weighted by Gasteiger charge is 2.38. The smallest absolute Gasteiger partial charge is 0.249 e. The number of methoxy groups -OCH3 is 2. The summed E-state index contributed by atoms with van der Waals surface area (Å²) in [5.41, 5.74) is 1.76. The van der Waals surface area contributed by atoms with Gasteiger partial charge in [0.2, 0.25) is 11.8 Å². The second kappa shape index (κ2) is 12.7. The first-order valence-electron chi connectivity index (χ1n) is 13.6. The second-order valence-corrected chi connectivity index (χ2v) is 10.1. The zero-order valence-corrected chi connectivity index (χ0v) is 24.4. The molecule has 0 aliphatic carbocycles. The summed E-state index contributed by atoms with van der Waals surface area (Å²) < 4.78 is 18.6. The van der Waals surface area contributed by atoms with Crippen molar-refractivity contribution < 1.29 is 23.8 Å². The molecule has 1 N–H and O–H groups in total. The van der Waals surface area contributed by atoms with Crippen LogP contribution in [-0.2, 0) is 16.1 Å². The number of benzene rings is 3. The standard InChI is InChI=1S/C31H37N5O5/c1-7-31(3,4)32-30(38)29(22-13-9-12-16-26(22)41-8-2)36(25-18-17-21(39-5)19-27(25)40-6)28(37)20-35-24-15-11-10-14-23(24)33-34-35/h9-19,29H,7-8,20H2,1-6H3,(H,32,38)/t29-/m0/s1. The molecule has 4 rings (SSSR count). The molecule has 0 spiro atoms. The van der Waals surface area contributed by atoms with E-state index in [1.165, 1.54) is 16.7 Å². The zero-order chi connectivity index (χ0) is 29.6. The van der Waals surface area contributed by atoms with E-state index >= 15 is 0 Å². The minimum Gasteiger partial charge on any atom is -0.497 e. The Bertz CT molecular complexity index is 1520. The number of nitrogens with one attached hydrogen (secondary N) is 1. The first-order chi connectivity index (χ1) is 19.7. The molecule has 0 fully saturated rings. The van der Waals surface area contributed by atoms with Gasteiger partial charge >= 0.3 is 0 Å². The molecule has 4 aromatic rings. The van der Waals surface area contributed by atoms with Crippen LogP contribution in [-0.4, -0.2) is 53.2 Å². The predicted octanol–water partition coefficient (Wildman–Crippen LogP) is 4.93. The van der Waals surface area contributed by atoms with Crippen LogP contribution in [0.2, 0.25) is 0 Å². The van der Waals surface area contributed by atoms with E-state index in [0.29, 0.717) is 52.6 Å². The van der Waals surface area contributed by atoms with Gasteiger partial charge in [-0.25, -0.2) is 4.68 Å². The number of aromatic nitrogens is 3. The summed E-state index contributed by atoms with van der Waals surface area (Å²) in [7, 11) is 3.06. The molecule has 1 atom stereocenters. The number of rotatable bonds is 12. The van der Waals surface area contributed by atoms with Gasteiger partial charge in [-0.3, -0.25) is 14.5 Å². The number of anilines is 1. The molecule has 10 heteroatoms. The van der Waals surface area contributed by atoms with Gasteiger partial charge in [0, 0.05) is 17.2 Å². The van der Waals surface area contributed by atoms with Crippen LogP contribution in [0.4, 0.5) is 5.69 Å². The van der Waals surface area contributed by atoms with E-state index in [2.05, 4.69) is 15.6 Å². The summed E-state index contributed by atoms with van der Waals surface area (Å²) in [6.45, 7) is 7.96. The van der Waals surface area contributed by atoms with E-state index in [-0.39, 0.29) is 12.5 Å². The number of hydrogen-bond acceptors (Lipinski definition) is 7. The van der Waals surface area contributed by atoms with Crippen molar-refractivity contribution in [3.05, 3.63) is 72.3 Å². The van der Waals surface area contributed by atoms with Crippen LogP contribution < -0.4 is 24.4 Å². The van der Waals surface area contributed by atoms with Gasteiger partial charge in [0.25, 0.3) is 0 Å². The van der Waals surface area contributed by atoms with Crippen LogP contribution in [0.5, 0.6) is 17.2 Å². The van der Waals surface area contributed by atoms with Gasteiger partial charge in [0.15, 0.2) is 0 Å². The molecule has 2 amide bonds. The Kier molecular flexibility index (Phi) is 9.11. The molecule has 216 valence electrons. The van der Waals surface area contributed by atoms with Crippen molar-refractivity contribution in [3.8, 4) is 17.2 Å². The molecule has 0 unspecified atom stereocenters. The quantitative estimate of drug-likeness (QED) is 0.262. The third-order valence-corrected chi connectivity index (χ3v) is 6.99. The third kappa shape index (κ3) is 6.42. The molecule has 3 aromatic carbocycles. The minimum absolute atomic E-state index is 0.173. The fraction of sp³-hybridized carbons (Fsp3) is 0.355. The van der Waals surface area contributed by atoms with E-state index in [9.17, 15) is 9.59 Å². The van der Waals surface area contributed by atoms with Crippen LogP contribution in [0.3, 0.4) is 0 Å². The number of carbonyl (C=O) groups excluding carboxylic acids is 2. The number of hydrogen-bond donors (Lipinski definition) is 1. The fourth-order valence-electron chi connectivity index (χ4n) is 4.52. The molecule has 0 bridgehead atoms. The molecule has 0 saturated carbocycles. The maximum absolute atomic E-state index is 14.4. The highest BCUT2D eigenvalue weighted by molar-refractivity contribution is 6.03. The lowest BCUT2D eigenvalue weighted by molar-refractivity contribution is -0.128. The van der Waals surface area contributed by atoms with Crippen LogP contribution in [0.1, 0.15) is 45.7 Å². The first kappa shape index (κ1) is 29.4. The van der Waals surface area contributed by atoms with Gasteiger partial charge < -0.3 is 19.5 Å². The van der Waals surface area contributed by atoms with Gasteiger partial charge in [-0.1, -0.05) is 42.5 Å². The van der Waals surface area contributed by atoms with Crippen molar-refractivity contribution in [1.29, 1.82) is 0 Å². The third-order valence-electron chi connectivity index (χ3n) is 6.99. The summed E-state index contributed by atoms with van der Waals surface area (Å²) in [5, 5.41) is 11.6. The molecule has 10 nitrogen and oxygen atoms in total. The highest BCUT2D eigenvalue weighted by Crippen LogP contribution is 2.40. The largest absolute Gasteiger partial charge is 0.497 e. The Hall–Kier alpha value is -4.60. The monoisotopic (exact) mass is 559 g/mol. The maximum Gasteiger partial charge on any atom is 0.249 e. The molecule has 41 heavy (non-hydrogen) atoms. The van der Waals surface area contributed by atoms with Gasteiger partial charge in [-0.15, -0.1) is 5.10 Å². The lowest BCUT2D eigenvalue weighted by atomic mass is 9.97. The Morgan fingerprint density at radius 1 is 0.976 bits per heavy atom. The Morgan fingerprint density at radius 3 is 2.41 bits per heavy atom. The van der Waals surface area contributed by atoms with Crippen molar-refractivity contribution in [3.63, 3.8) is 0 Å². The van der Waals surface area contributed by atoms with Crippen LogP contribution in [0, 0.1) is 0 Å². The van der Waals surface area contributed by atoms with E-state index < -0.39 is 17.5 Å². The van der Waals surface area contributed by atoms with Gasteiger partial charge in [0.1, 0.15) is 35.4 Å². The van der Waals surface area contributed by atoms with Crippen molar-refractivity contribution in [2.45, 2.75) is 52.2 Å². The molecule has 0 aliphatic rings. The summed E-state index contributed by atoms with van der Waals surface area (Å²) in [5.74, 6) is 0.648. The van der Waals surface area contributed by atoms with Crippen LogP contribution >= 0.6 is 0 Å². The number of carbonyl (C=O) groups is 2. The summed E-state index contributed by atoms with van der Waals surface area (Å²) in [4.78, 5) is 30.2. The Morgan fingerprint density at radius 2 is 1.71 bits per heavy atom. The minimum atomic E-state index is -1.10. The molecule has 0 radical (unpaired) electrons. The van der Waals surface area contributed by atoms with Crippen molar-refractivity contribution >= 4 is 28.5 Å². The van der Waals surface area contributed by atoms with E-state index in [1.807, 2.05) is 64.1 Å². The zero-order valence-electron chi connectivity index (χ0n) is 24.4. The molecular formula is C31H37N5O5. The van der Waals surface area contributed by atoms with Crippen LogP contribution in [0.15, 0.2) is 66.7 Å². The average molecular weight is 560 g/mol. The van der Waals surface area contributed by atoms with Crippen molar-refractivity contribution in [2.24, 2.45) is 0 Å². The average Bonchev–Trinajstić information content (AvgIpc) is 3.38. The first-order valence-corrected chi connectivity index (χ1v) is 13.6. The highest BCUT2D eigenvalue weighted by atomic mass is 16.5. The molecule has 1 heterocycles. The predicted molar refractivity (Wildman–Crippen MR) is 157 cm³/mol. The number of nitrogens with zero attached hydrogens (tertiary/aromatic N) is 4. The van der Waals surface area contributed by atoms with E-state index in [1.54, 1.807) is 37.4 Å². The van der Waals surface area contributed by atoms with E-state index in [4.69, 9.17) is 14.2 Å². The number of amides is 2. The van der Waals surface area contributed by atoms with E-state index in [0.717, 1.165) is 0 Å². The normalized spacial score (nSPS) is 12.0. The summed E-state index contributed by atoms with van der Waals surface area (Å²) in [6.07, 6.45) is 0.684. The van der Waals surface area contributed by atoms with Gasteiger partial charge in [-0.2, -0.15) is 0 Å². The SMILES string of the molecule is CCOc1ccccc1[C@@H](C(=O)NC(C)(C)CC)N(C(=O)Cn1nnc2ccccc21)c1ccc(OC)cc1OC. The lowest BCUT2D eigenvalue weighted by Gasteiger charge is -2.35. The number of para-hydroxylation sites is 2. The Balaban J connectivity index is 1.93. The van der Waals surface area contributed by atoms with Gasteiger partial charge in [0.05, 0.1) is 32.0 Å².